The zero-order valence-electron chi connectivity index (χ0n) is 18.6. The molecule has 30 heavy (non-hydrogen) atoms. The number of hydrogen-bond acceptors (Lipinski definition) is 3. The van der Waals surface area contributed by atoms with Crippen molar-refractivity contribution in [3.63, 3.8) is 0 Å². The lowest BCUT2D eigenvalue weighted by atomic mass is 9.94. The van der Waals surface area contributed by atoms with Gasteiger partial charge in [0.15, 0.2) is 5.49 Å². The van der Waals surface area contributed by atoms with Gasteiger partial charge in [-0.05, 0) is 31.5 Å². The number of amides is 1. The van der Waals surface area contributed by atoms with Crippen LogP contribution in [0.1, 0.15) is 48.2 Å². The third kappa shape index (κ3) is 3.63. The predicted molar refractivity (Wildman–Crippen MR) is 121 cm³/mol. The molecule has 0 radical (unpaired) electrons. The molecule has 1 aromatic carbocycles. The van der Waals surface area contributed by atoms with Crippen molar-refractivity contribution in [2.24, 2.45) is 10.9 Å². The van der Waals surface area contributed by atoms with Crippen LogP contribution in [-0.4, -0.2) is 45.9 Å². The molecule has 3 heterocycles. The Labute approximate surface area is 177 Å². The minimum Gasteiger partial charge on any atom is -0.354 e. The predicted octanol–water partition coefficient (Wildman–Crippen LogP) is 2.71. The number of benzene rings is 1. The number of aryl methyl sites for hydroxylation is 2. The molecule has 0 bridgehead atoms. The second-order valence-electron chi connectivity index (χ2n) is 7.43. The number of aromatic amines is 2. The first-order valence-electron chi connectivity index (χ1n) is 10.3. The summed E-state index contributed by atoms with van der Waals surface area (Å²) < 4.78 is 0. The molecule has 1 amide bonds. The fourth-order valence-corrected chi connectivity index (χ4v) is 3.88. The SMILES string of the molecule is C#CCN(C)C(=O)c1ccc2c(C)c(C3=c4[nH]c(C)nc4=NCC3C)[nH]c2c1.CC. The molecular weight excluding hydrogens is 374 g/mol. The van der Waals surface area contributed by atoms with Gasteiger partial charge in [0.05, 0.1) is 11.9 Å². The van der Waals surface area contributed by atoms with Gasteiger partial charge in [-0.1, -0.05) is 32.8 Å². The first-order chi connectivity index (χ1) is 14.4. The molecule has 0 spiro atoms. The lowest BCUT2D eigenvalue weighted by molar-refractivity contribution is 0.0812. The number of carbonyl (C=O) groups is 1. The smallest absolute Gasteiger partial charge is 0.254 e. The molecule has 156 valence electrons. The average Bonchev–Trinajstić information content (AvgIpc) is 3.28. The Bertz CT molecular complexity index is 1260. The van der Waals surface area contributed by atoms with E-state index in [9.17, 15) is 4.79 Å². The maximum atomic E-state index is 12.6. The quantitative estimate of drug-likeness (QED) is 0.660. The number of nitrogens with zero attached hydrogens (tertiary/aromatic N) is 3. The van der Waals surface area contributed by atoms with E-state index >= 15 is 0 Å². The number of H-pyrrole nitrogens is 2. The number of imidazole rings is 1. The van der Waals surface area contributed by atoms with Crippen molar-refractivity contribution < 1.29 is 4.79 Å². The highest BCUT2D eigenvalue weighted by molar-refractivity contribution is 5.99. The summed E-state index contributed by atoms with van der Waals surface area (Å²) in [6.45, 7) is 11.2. The van der Waals surface area contributed by atoms with Gasteiger partial charge >= 0.3 is 0 Å². The van der Waals surface area contributed by atoms with Gasteiger partial charge in [-0.2, -0.15) is 0 Å². The van der Waals surface area contributed by atoms with Crippen molar-refractivity contribution in [1.29, 1.82) is 0 Å². The van der Waals surface area contributed by atoms with Gasteiger partial charge in [-0.3, -0.25) is 9.79 Å². The summed E-state index contributed by atoms with van der Waals surface area (Å²) in [6.07, 6.45) is 5.33. The first kappa shape index (κ1) is 21.4. The third-order valence-electron chi connectivity index (χ3n) is 5.33. The Hall–Kier alpha value is -3.33. The molecule has 0 fully saturated rings. The minimum atomic E-state index is -0.0855. The van der Waals surface area contributed by atoms with Crippen LogP contribution in [0.15, 0.2) is 23.2 Å². The Morgan fingerprint density at radius 3 is 2.73 bits per heavy atom. The Balaban J connectivity index is 0.00000124. The number of aromatic nitrogens is 3. The van der Waals surface area contributed by atoms with Crippen LogP contribution in [-0.2, 0) is 0 Å². The van der Waals surface area contributed by atoms with E-state index < -0.39 is 0 Å². The normalized spacial score (nSPS) is 15.0. The standard InChI is InChI=1S/C22H23N5O.C2H6/c1-6-9-27(5)22(28)15-7-8-16-13(3)19(26-17(16)10-15)18-12(2)11-23-21-20(18)24-14(4)25-21;1-2/h1,7-8,10,12,26H,9,11H2,2-5H3,(H,23,24,25);1-2H3. The van der Waals surface area contributed by atoms with Crippen LogP contribution in [0.3, 0.4) is 0 Å². The maximum Gasteiger partial charge on any atom is 0.254 e. The zero-order valence-corrected chi connectivity index (χ0v) is 18.6. The molecule has 4 rings (SSSR count). The summed E-state index contributed by atoms with van der Waals surface area (Å²) >= 11 is 0. The minimum absolute atomic E-state index is 0.0855. The number of nitrogens with one attached hydrogen (secondary N) is 2. The summed E-state index contributed by atoms with van der Waals surface area (Å²) in [5, 5.41) is 2.09. The Morgan fingerprint density at radius 2 is 2.03 bits per heavy atom. The van der Waals surface area contributed by atoms with Gasteiger partial charge in [0.2, 0.25) is 0 Å². The molecule has 0 saturated heterocycles. The summed E-state index contributed by atoms with van der Waals surface area (Å²) in [5.74, 6) is 3.54. The Morgan fingerprint density at radius 1 is 1.30 bits per heavy atom. The van der Waals surface area contributed by atoms with Crippen LogP contribution in [0, 0.1) is 32.1 Å². The van der Waals surface area contributed by atoms with Crippen LogP contribution in [0.5, 0.6) is 0 Å². The van der Waals surface area contributed by atoms with Gasteiger partial charge in [-0.15, -0.1) is 6.42 Å². The number of carbonyl (C=O) groups excluding carboxylic acids is 1. The summed E-state index contributed by atoms with van der Waals surface area (Å²) in [6, 6.07) is 5.76. The molecule has 0 saturated carbocycles. The van der Waals surface area contributed by atoms with Crippen LogP contribution in [0.2, 0.25) is 0 Å². The Kier molecular flexibility index (Phi) is 6.12. The van der Waals surface area contributed by atoms with Gasteiger partial charge in [0, 0.05) is 47.2 Å². The molecule has 6 nitrogen and oxygen atoms in total. The monoisotopic (exact) mass is 403 g/mol. The van der Waals surface area contributed by atoms with E-state index in [0.717, 1.165) is 38.8 Å². The molecule has 0 aliphatic carbocycles. The topological polar surface area (TPSA) is 77.1 Å². The van der Waals surface area contributed by atoms with Gasteiger partial charge < -0.3 is 14.9 Å². The van der Waals surface area contributed by atoms with Crippen molar-refractivity contribution in [3.8, 4) is 12.3 Å². The fraction of sp³-hybridized carbons (Fsp3) is 0.375. The second-order valence-corrected chi connectivity index (χ2v) is 7.43. The second kappa shape index (κ2) is 8.58. The van der Waals surface area contributed by atoms with Crippen LogP contribution in [0.25, 0.3) is 16.5 Å². The number of hydrogen-bond donors (Lipinski definition) is 2. The lowest BCUT2D eigenvalue weighted by Crippen LogP contribution is -2.35. The van der Waals surface area contributed by atoms with E-state index in [1.54, 1.807) is 7.05 Å². The molecule has 1 aliphatic heterocycles. The number of rotatable bonds is 3. The highest BCUT2D eigenvalue weighted by atomic mass is 16.2. The molecule has 6 heteroatoms. The summed E-state index contributed by atoms with van der Waals surface area (Å²) in [5.41, 5.74) is 5.75. The molecule has 2 aromatic heterocycles. The van der Waals surface area contributed by atoms with Crippen molar-refractivity contribution >= 4 is 22.4 Å². The number of terminal acetylenes is 1. The summed E-state index contributed by atoms with van der Waals surface area (Å²) in [4.78, 5) is 30.1. The fourth-order valence-electron chi connectivity index (χ4n) is 3.88. The molecular formula is C24H29N5O. The average molecular weight is 404 g/mol. The van der Waals surface area contributed by atoms with Gasteiger partial charge in [0.25, 0.3) is 5.91 Å². The van der Waals surface area contributed by atoms with Gasteiger partial charge in [-0.25, -0.2) is 4.98 Å². The molecule has 1 aliphatic rings. The maximum absolute atomic E-state index is 12.6. The van der Waals surface area contributed by atoms with E-state index in [1.165, 1.54) is 10.5 Å². The van der Waals surface area contributed by atoms with Crippen LogP contribution in [0.4, 0.5) is 0 Å². The van der Waals surface area contributed by atoms with Crippen molar-refractivity contribution in [1.82, 2.24) is 19.9 Å². The van der Waals surface area contributed by atoms with Crippen LogP contribution < -0.4 is 10.8 Å². The van der Waals surface area contributed by atoms with Crippen molar-refractivity contribution in [2.75, 3.05) is 20.1 Å². The van der Waals surface area contributed by atoms with E-state index in [-0.39, 0.29) is 18.4 Å². The molecule has 2 N–H and O–H groups in total. The van der Waals surface area contributed by atoms with E-state index in [4.69, 9.17) is 6.42 Å². The molecule has 1 unspecified atom stereocenters. The van der Waals surface area contributed by atoms with Crippen molar-refractivity contribution in [2.45, 2.75) is 34.6 Å². The summed E-state index contributed by atoms with van der Waals surface area (Å²) in [7, 11) is 1.71. The zero-order chi connectivity index (χ0) is 22.0. The van der Waals surface area contributed by atoms with Gasteiger partial charge in [0.1, 0.15) is 5.82 Å². The van der Waals surface area contributed by atoms with Crippen molar-refractivity contribution in [3.05, 3.63) is 51.7 Å². The highest BCUT2D eigenvalue weighted by Gasteiger charge is 2.22. The van der Waals surface area contributed by atoms with E-state index in [1.807, 2.05) is 39.0 Å². The molecule has 3 aromatic rings. The van der Waals surface area contributed by atoms with E-state index in [2.05, 4.69) is 39.7 Å². The lowest BCUT2D eigenvalue weighted by Gasteiger charge is -2.16. The largest absolute Gasteiger partial charge is 0.354 e. The first-order valence-corrected chi connectivity index (χ1v) is 10.3. The van der Waals surface area contributed by atoms with E-state index in [0.29, 0.717) is 12.1 Å². The number of fused-ring (bicyclic) bond motifs is 2. The highest BCUT2D eigenvalue weighted by Crippen LogP contribution is 2.30. The van der Waals surface area contributed by atoms with Crippen LogP contribution >= 0.6 is 0 Å². The third-order valence-corrected chi connectivity index (χ3v) is 5.33. The molecule has 1 atom stereocenters.